The number of carbonyl (C=O) groups is 1. The number of hydrogen-bond acceptors (Lipinski definition) is 1. The zero-order valence-electron chi connectivity index (χ0n) is 12.9. The van der Waals surface area contributed by atoms with Crippen LogP contribution in [0, 0.1) is 5.92 Å². The molecule has 0 bridgehead atoms. The van der Waals surface area contributed by atoms with Crippen molar-refractivity contribution in [1.29, 1.82) is 0 Å². The van der Waals surface area contributed by atoms with Crippen molar-refractivity contribution in [3.8, 4) is 0 Å². The highest BCUT2D eigenvalue weighted by atomic mass is 16.2. The van der Waals surface area contributed by atoms with Crippen molar-refractivity contribution in [2.24, 2.45) is 5.92 Å². The molecule has 1 atom stereocenters. The smallest absolute Gasteiger partial charge is 0.229 e. The Bertz CT molecular complexity index is 315. The van der Waals surface area contributed by atoms with E-state index in [1.165, 1.54) is 0 Å². The second-order valence-corrected chi connectivity index (χ2v) is 5.07. The third-order valence-electron chi connectivity index (χ3n) is 3.05. The molecular weight excluding hydrogens is 234 g/mol. The molecule has 0 heterocycles. The molecule has 0 saturated heterocycles. The predicted molar refractivity (Wildman–Crippen MR) is 83.8 cm³/mol. The molecule has 0 aliphatic rings. The SMILES string of the molecule is C=C/C=C/N(C(=O)C(C)C)[C@@H](CCC)CC/C=C/C. The lowest BCUT2D eigenvalue weighted by Gasteiger charge is -2.30. The molecule has 0 rings (SSSR count). The van der Waals surface area contributed by atoms with Crippen LogP contribution in [0.5, 0.6) is 0 Å². The van der Waals surface area contributed by atoms with E-state index >= 15 is 0 Å². The second kappa shape index (κ2) is 10.6. The number of rotatable bonds is 9. The molecule has 0 aliphatic carbocycles. The maximum Gasteiger partial charge on any atom is 0.229 e. The van der Waals surface area contributed by atoms with Crippen LogP contribution in [0.1, 0.15) is 53.4 Å². The van der Waals surface area contributed by atoms with Crippen molar-refractivity contribution in [1.82, 2.24) is 4.90 Å². The van der Waals surface area contributed by atoms with E-state index in [4.69, 9.17) is 0 Å². The molecule has 0 saturated carbocycles. The van der Waals surface area contributed by atoms with Crippen LogP contribution in [-0.2, 0) is 4.79 Å². The summed E-state index contributed by atoms with van der Waals surface area (Å²) in [6, 6.07) is 0.285. The van der Waals surface area contributed by atoms with Crippen LogP contribution in [0.3, 0.4) is 0 Å². The van der Waals surface area contributed by atoms with Gasteiger partial charge in [-0.2, -0.15) is 0 Å². The van der Waals surface area contributed by atoms with Gasteiger partial charge >= 0.3 is 0 Å². The molecule has 0 unspecified atom stereocenters. The van der Waals surface area contributed by atoms with Gasteiger partial charge in [0.1, 0.15) is 0 Å². The average Bonchev–Trinajstić information content (AvgIpc) is 2.38. The Labute approximate surface area is 118 Å². The molecule has 108 valence electrons. The Kier molecular flexibility index (Phi) is 9.87. The highest BCUT2D eigenvalue weighted by Gasteiger charge is 2.22. The van der Waals surface area contributed by atoms with E-state index in [2.05, 4.69) is 25.7 Å². The zero-order chi connectivity index (χ0) is 14.7. The first kappa shape index (κ1) is 17.7. The molecule has 0 N–H and O–H groups in total. The van der Waals surface area contributed by atoms with Crippen molar-refractivity contribution < 1.29 is 4.79 Å². The van der Waals surface area contributed by atoms with Crippen LogP contribution in [0.4, 0.5) is 0 Å². The fourth-order valence-corrected chi connectivity index (χ4v) is 2.04. The van der Waals surface area contributed by atoms with Crippen molar-refractivity contribution >= 4 is 5.91 Å². The summed E-state index contributed by atoms with van der Waals surface area (Å²) in [6.45, 7) is 11.8. The molecule has 0 aromatic heterocycles. The third-order valence-corrected chi connectivity index (χ3v) is 3.05. The summed E-state index contributed by atoms with van der Waals surface area (Å²) in [6.07, 6.45) is 13.8. The van der Waals surface area contributed by atoms with Crippen LogP contribution in [-0.4, -0.2) is 16.8 Å². The lowest BCUT2D eigenvalue weighted by molar-refractivity contribution is -0.133. The average molecular weight is 263 g/mol. The first-order valence-corrected chi connectivity index (χ1v) is 7.30. The number of carbonyl (C=O) groups excluding carboxylic acids is 1. The van der Waals surface area contributed by atoms with Crippen LogP contribution in [0.25, 0.3) is 0 Å². The lowest BCUT2D eigenvalue weighted by Crippen LogP contribution is -2.38. The van der Waals surface area contributed by atoms with E-state index in [9.17, 15) is 4.79 Å². The van der Waals surface area contributed by atoms with Crippen LogP contribution in [0.2, 0.25) is 0 Å². The summed E-state index contributed by atoms with van der Waals surface area (Å²) in [5, 5.41) is 0. The maximum absolute atomic E-state index is 12.3. The van der Waals surface area contributed by atoms with Gasteiger partial charge in [0.2, 0.25) is 5.91 Å². The highest BCUT2D eigenvalue weighted by Crippen LogP contribution is 2.17. The second-order valence-electron chi connectivity index (χ2n) is 5.07. The zero-order valence-corrected chi connectivity index (χ0v) is 12.9. The van der Waals surface area contributed by atoms with Crippen LogP contribution >= 0.6 is 0 Å². The van der Waals surface area contributed by atoms with Crippen LogP contribution in [0.15, 0.2) is 37.1 Å². The van der Waals surface area contributed by atoms with Gasteiger partial charge in [-0.1, -0.05) is 52.0 Å². The quantitative estimate of drug-likeness (QED) is 0.436. The Hall–Kier alpha value is -1.31. The van der Waals surface area contributed by atoms with Crippen LogP contribution < -0.4 is 0 Å². The number of allylic oxidation sites excluding steroid dienone is 4. The molecule has 1 amide bonds. The topological polar surface area (TPSA) is 20.3 Å². The Balaban J connectivity index is 4.94. The molecular formula is C17H29NO. The molecule has 2 nitrogen and oxygen atoms in total. The lowest BCUT2D eigenvalue weighted by atomic mass is 10.0. The predicted octanol–water partition coefficient (Wildman–Crippen LogP) is 4.70. The number of amides is 1. The molecule has 0 aromatic rings. The molecule has 0 spiro atoms. The van der Waals surface area contributed by atoms with E-state index < -0.39 is 0 Å². The highest BCUT2D eigenvalue weighted by molar-refractivity contribution is 5.79. The monoisotopic (exact) mass is 263 g/mol. The largest absolute Gasteiger partial charge is 0.316 e. The van der Waals surface area contributed by atoms with Gasteiger partial charge in [0.05, 0.1) is 0 Å². The van der Waals surface area contributed by atoms with E-state index in [1.807, 2.05) is 37.9 Å². The van der Waals surface area contributed by atoms with Gasteiger partial charge in [0.15, 0.2) is 0 Å². The van der Waals surface area contributed by atoms with Gasteiger partial charge in [-0.05, 0) is 32.3 Å². The summed E-state index contributed by atoms with van der Waals surface area (Å²) < 4.78 is 0. The van der Waals surface area contributed by atoms with E-state index in [0.29, 0.717) is 0 Å². The van der Waals surface area contributed by atoms with E-state index in [0.717, 1.165) is 25.7 Å². The summed E-state index contributed by atoms with van der Waals surface area (Å²) in [5.74, 6) is 0.215. The summed E-state index contributed by atoms with van der Waals surface area (Å²) in [4.78, 5) is 14.2. The number of hydrogen-bond donors (Lipinski definition) is 0. The molecule has 0 aromatic carbocycles. The Morgan fingerprint density at radius 3 is 2.47 bits per heavy atom. The van der Waals surface area contributed by atoms with Gasteiger partial charge in [0, 0.05) is 18.2 Å². The first-order chi connectivity index (χ1) is 9.08. The summed E-state index contributed by atoms with van der Waals surface area (Å²) >= 11 is 0. The minimum atomic E-state index is 0.0236. The molecule has 0 radical (unpaired) electrons. The van der Waals surface area contributed by atoms with Gasteiger partial charge in [0.25, 0.3) is 0 Å². The summed E-state index contributed by atoms with van der Waals surface area (Å²) in [5.41, 5.74) is 0. The van der Waals surface area contributed by atoms with E-state index in [1.54, 1.807) is 6.08 Å². The van der Waals surface area contributed by atoms with Gasteiger partial charge in [-0.3, -0.25) is 4.79 Å². The fourth-order valence-electron chi connectivity index (χ4n) is 2.04. The first-order valence-electron chi connectivity index (χ1n) is 7.30. The molecule has 0 aliphatic heterocycles. The summed E-state index contributed by atoms with van der Waals surface area (Å²) in [7, 11) is 0. The van der Waals surface area contributed by atoms with Crippen molar-refractivity contribution in [3.05, 3.63) is 37.1 Å². The standard InChI is InChI=1S/C17H29NO/c1-6-9-11-13-16(12-8-3)18(14-10-7-2)17(19)15(4)5/h6-7,9-10,14-16H,2,8,11-13H2,1,3-5H3/b9-6+,14-10+/t16-/m0/s1. The Morgan fingerprint density at radius 1 is 1.32 bits per heavy atom. The van der Waals surface area contributed by atoms with Crippen molar-refractivity contribution in [2.75, 3.05) is 0 Å². The third kappa shape index (κ3) is 7.00. The fraction of sp³-hybridized carbons (Fsp3) is 0.588. The molecule has 2 heteroatoms. The minimum Gasteiger partial charge on any atom is -0.316 e. The maximum atomic E-state index is 12.3. The van der Waals surface area contributed by atoms with E-state index in [-0.39, 0.29) is 17.9 Å². The van der Waals surface area contributed by atoms with Gasteiger partial charge < -0.3 is 4.90 Å². The van der Waals surface area contributed by atoms with Gasteiger partial charge in [-0.15, -0.1) is 0 Å². The molecule has 19 heavy (non-hydrogen) atoms. The van der Waals surface area contributed by atoms with Crippen molar-refractivity contribution in [3.63, 3.8) is 0 Å². The minimum absolute atomic E-state index is 0.0236. The number of nitrogens with zero attached hydrogens (tertiary/aromatic N) is 1. The van der Waals surface area contributed by atoms with Crippen molar-refractivity contribution in [2.45, 2.75) is 59.4 Å². The normalized spacial score (nSPS) is 13.3. The Morgan fingerprint density at radius 2 is 2.00 bits per heavy atom. The molecule has 0 fully saturated rings. The van der Waals surface area contributed by atoms with Gasteiger partial charge in [-0.25, -0.2) is 0 Å².